The van der Waals surface area contributed by atoms with Crippen molar-refractivity contribution in [2.45, 2.75) is 25.8 Å². The van der Waals surface area contributed by atoms with Crippen LogP contribution in [0, 0.1) is 6.92 Å². The molecule has 1 aliphatic heterocycles. The molecule has 3 aromatic rings. The van der Waals surface area contributed by atoms with Crippen LogP contribution in [0.5, 0.6) is 0 Å². The van der Waals surface area contributed by atoms with Gasteiger partial charge in [-0.2, -0.15) is 0 Å². The zero-order chi connectivity index (χ0) is 20.5. The molecule has 2 aromatic heterocycles. The van der Waals surface area contributed by atoms with Crippen LogP contribution in [0.15, 0.2) is 22.7 Å². The molecule has 0 amide bonds. The van der Waals surface area contributed by atoms with Crippen molar-refractivity contribution in [3.05, 3.63) is 39.0 Å². The second kappa shape index (κ2) is 8.55. The minimum Gasteiger partial charge on any atom is -0.385 e. The first-order valence-corrected chi connectivity index (χ1v) is 10.7. The van der Waals surface area contributed by atoms with Crippen molar-refractivity contribution in [2.24, 2.45) is 0 Å². The number of halogens is 2. The molecule has 0 bridgehead atoms. The van der Waals surface area contributed by atoms with E-state index in [0.29, 0.717) is 18.2 Å². The summed E-state index contributed by atoms with van der Waals surface area (Å²) in [4.78, 5) is 6.96. The van der Waals surface area contributed by atoms with Crippen LogP contribution in [-0.4, -0.2) is 54.0 Å². The number of benzene rings is 1. The minimum atomic E-state index is 0.0324. The molecule has 1 aromatic carbocycles. The molecule has 7 nitrogen and oxygen atoms in total. The van der Waals surface area contributed by atoms with Crippen molar-refractivity contribution in [1.82, 2.24) is 20.0 Å². The van der Waals surface area contributed by atoms with Gasteiger partial charge < -0.3 is 14.4 Å². The van der Waals surface area contributed by atoms with Crippen molar-refractivity contribution in [3.8, 4) is 0 Å². The predicted molar refractivity (Wildman–Crippen MR) is 117 cm³/mol. The summed E-state index contributed by atoms with van der Waals surface area (Å²) >= 11 is 10.1. The second-order valence-corrected chi connectivity index (χ2v) is 8.50. The number of hydrogen-bond acceptors (Lipinski definition) is 6. The summed E-state index contributed by atoms with van der Waals surface area (Å²) in [5, 5.41) is 9.65. The highest BCUT2D eigenvalue weighted by molar-refractivity contribution is 9.10. The van der Waals surface area contributed by atoms with E-state index in [1.807, 2.05) is 23.7 Å². The molecule has 4 rings (SSSR count). The van der Waals surface area contributed by atoms with Gasteiger partial charge in [-0.25, -0.2) is 9.67 Å². The molecule has 29 heavy (non-hydrogen) atoms. The van der Waals surface area contributed by atoms with E-state index in [-0.39, 0.29) is 6.04 Å². The number of methoxy groups -OCH3 is 2. The first-order valence-electron chi connectivity index (χ1n) is 9.49. The lowest BCUT2D eigenvalue weighted by molar-refractivity contribution is 0.117. The average Bonchev–Trinajstić information content (AvgIpc) is 3.29. The van der Waals surface area contributed by atoms with Crippen molar-refractivity contribution < 1.29 is 9.47 Å². The average molecular weight is 481 g/mol. The molecule has 1 aliphatic rings. The zero-order valence-corrected chi connectivity index (χ0v) is 19.0. The van der Waals surface area contributed by atoms with Crippen LogP contribution in [0.3, 0.4) is 0 Å². The Morgan fingerprint density at radius 3 is 2.83 bits per heavy atom. The lowest BCUT2D eigenvalue weighted by Gasteiger charge is -2.21. The van der Waals surface area contributed by atoms with E-state index in [0.717, 1.165) is 52.1 Å². The Morgan fingerprint density at radius 2 is 2.07 bits per heavy atom. The Labute approximate surface area is 183 Å². The van der Waals surface area contributed by atoms with E-state index in [1.165, 1.54) is 5.56 Å². The third-order valence-electron chi connectivity index (χ3n) is 5.17. The Hall–Kier alpha value is -1.74. The first kappa shape index (κ1) is 20.5. The van der Waals surface area contributed by atoms with Gasteiger partial charge in [-0.15, -0.1) is 5.10 Å². The molecule has 0 radical (unpaired) electrons. The van der Waals surface area contributed by atoms with Crippen LogP contribution < -0.4 is 4.90 Å². The Kier molecular flexibility index (Phi) is 6.06. The molecule has 154 valence electrons. The van der Waals surface area contributed by atoms with Gasteiger partial charge in [-0.1, -0.05) is 32.7 Å². The number of hydrogen-bond donors (Lipinski definition) is 0. The highest BCUT2D eigenvalue weighted by atomic mass is 79.9. The highest BCUT2D eigenvalue weighted by Crippen LogP contribution is 2.42. The lowest BCUT2D eigenvalue weighted by atomic mass is 10.2. The predicted octanol–water partition coefficient (Wildman–Crippen LogP) is 4.47. The number of rotatable bonds is 7. The van der Waals surface area contributed by atoms with E-state index in [9.17, 15) is 0 Å². The SMILES string of the molecule is COCCC(COC)n1nnc2c(N3CCc4cc(Br)cc(Cl)c43)nc(C)cc21. The highest BCUT2D eigenvalue weighted by Gasteiger charge is 2.28. The van der Waals surface area contributed by atoms with E-state index in [1.54, 1.807) is 14.2 Å². The Balaban J connectivity index is 1.81. The maximum atomic E-state index is 6.59. The fourth-order valence-corrected chi connectivity index (χ4v) is 4.87. The van der Waals surface area contributed by atoms with Gasteiger partial charge in [-0.05, 0) is 43.5 Å². The fraction of sp³-hybridized carbons (Fsp3) is 0.450. The zero-order valence-electron chi connectivity index (χ0n) is 16.7. The standard InChI is InChI=1S/C20H23BrClN5O2/c1-12-8-17-18(24-25-27(17)15(11-29-3)5-7-28-2)20(23-12)26-6-4-13-9-14(21)10-16(22)19(13)26/h8-10,15H,4-7,11H2,1-3H3. The summed E-state index contributed by atoms with van der Waals surface area (Å²) in [7, 11) is 3.39. The first-order chi connectivity index (χ1) is 14.0. The van der Waals surface area contributed by atoms with Gasteiger partial charge in [0.25, 0.3) is 0 Å². The summed E-state index contributed by atoms with van der Waals surface area (Å²) in [6.07, 6.45) is 1.69. The topological polar surface area (TPSA) is 65.3 Å². The number of aromatic nitrogens is 4. The fourth-order valence-electron chi connectivity index (χ4n) is 3.89. The van der Waals surface area contributed by atoms with Crippen molar-refractivity contribution in [2.75, 3.05) is 38.9 Å². The van der Waals surface area contributed by atoms with Crippen molar-refractivity contribution >= 4 is 50.1 Å². The largest absolute Gasteiger partial charge is 0.385 e. The summed E-state index contributed by atoms with van der Waals surface area (Å²) in [6, 6.07) is 6.09. The molecular formula is C20H23BrClN5O2. The van der Waals surface area contributed by atoms with Gasteiger partial charge in [0.2, 0.25) is 0 Å². The molecule has 0 aliphatic carbocycles. The van der Waals surface area contributed by atoms with Gasteiger partial charge in [-0.3, -0.25) is 0 Å². The lowest BCUT2D eigenvalue weighted by Crippen LogP contribution is -2.19. The summed E-state index contributed by atoms with van der Waals surface area (Å²) in [5.41, 5.74) is 4.80. The van der Waals surface area contributed by atoms with Crippen molar-refractivity contribution in [3.63, 3.8) is 0 Å². The van der Waals surface area contributed by atoms with E-state index >= 15 is 0 Å². The normalized spacial score (nSPS) is 14.6. The third-order valence-corrected chi connectivity index (χ3v) is 5.91. The van der Waals surface area contributed by atoms with Crippen LogP contribution in [-0.2, 0) is 15.9 Å². The number of fused-ring (bicyclic) bond motifs is 2. The van der Waals surface area contributed by atoms with Crippen LogP contribution >= 0.6 is 27.5 Å². The van der Waals surface area contributed by atoms with Crippen molar-refractivity contribution in [1.29, 1.82) is 0 Å². The summed E-state index contributed by atoms with van der Waals surface area (Å²) in [6.45, 7) is 3.94. The van der Waals surface area contributed by atoms with Gasteiger partial charge in [0.1, 0.15) is 0 Å². The number of aryl methyl sites for hydroxylation is 1. The molecule has 0 spiro atoms. The quantitative estimate of drug-likeness (QED) is 0.497. The molecule has 9 heteroatoms. The molecule has 0 N–H and O–H groups in total. The number of ether oxygens (including phenoxy) is 2. The van der Waals surface area contributed by atoms with Crippen LogP contribution in [0.25, 0.3) is 11.0 Å². The van der Waals surface area contributed by atoms with Gasteiger partial charge in [0.05, 0.1) is 28.9 Å². The molecular weight excluding hydrogens is 458 g/mol. The van der Waals surface area contributed by atoms with E-state index < -0.39 is 0 Å². The maximum Gasteiger partial charge on any atom is 0.163 e. The molecule has 1 unspecified atom stereocenters. The second-order valence-electron chi connectivity index (χ2n) is 7.18. The third kappa shape index (κ3) is 3.86. The Morgan fingerprint density at radius 1 is 1.24 bits per heavy atom. The van der Waals surface area contributed by atoms with E-state index in [2.05, 4.69) is 37.2 Å². The minimum absolute atomic E-state index is 0.0324. The van der Waals surface area contributed by atoms with Gasteiger partial charge in [0.15, 0.2) is 11.3 Å². The molecule has 0 saturated carbocycles. The Bertz CT molecular complexity index is 1040. The monoisotopic (exact) mass is 479 g/mol. The van der Waals surface area contributed by atoms with Gasteiger partial charge in [0, 0.05) is 37.5 Å². The molecule has 0 saturated heterocycles. The number of pyridine rings is 1. The summed E-state index contributed by atoms with van der Waals surface area (Å²) < 4.78 is 13.6. The summed E-state index contributed by atoms with van der Waals surface area (Å²) in [5.74, 6) is 0.789. The van der Waals surface area contributed by atoms with Gasteiger partial charge >= 0.3 is 0 Å². The van der Waals surface area contributed by atoms with E-state index in [4.69, 9.17) is 26.1 Å². The molecule has 1 atom stereocenters. The van der Waals surface area contributed by atoms with Crippen LogP contribution in [0.1, 0.15) is 23.7 Å². The number of nitrogens with zero attached hydrogens (tertiary/aromatic N) is 5. The van der Waals surface area contributed by atoms with Crippen LogP contribution in [0.4, 0.5) is 11.5 Å². The maximum absolute atomic E-state index is 6.59. The molecule has 0 fully saturated rings. The molecule has 3 heterocycles. The smallest absolute Gasteiger partial charge is 0.163 e. The van der Waals surface area contributed by atoms with Crippen LogP contribution in [0.2, 0.25) is 5.02 Å². The number of anilines is 2.